The second kappa shape index (κ2) is 11.4. The van der Waals surface area contributed by atoms with Crippen LogP contribution in [0.3, 0.4) is 0 Å². The predicted octanol–water partition coefficient (Wildman–Crippen LogP) is 4.98. The molecule has 2 aromatic rings. The van der Waals surface area contributed by atoms with Crippen molar-refractivity contribution in [1.82, 2.24) is 10.2 Å². The van der Waals surface area contributed by atoms with Crippen LogP contribution in [0.15, 0.2) is 46.9 Å². The Bertz CT molecular complexity index is 871. The number of nitrogens with zero attached hydrogens (tertiary/aromatic N) is 1. The van der Waals surface area contributed by atoms with Crippen LogP contribution in [0.1, 0.15) is 31.9 Å². The fraction of sp³-hybridized carbons (Fsp3) is 0.391. The van der Waals surface area contributed by atoms with Crippen molar-refractivity contribution in [3.05, 3.63) is 63.1 Å². The molecule has 0 radical (unpaired) electrons. The number of carbonyl (C=O) groups is 2. The summed E-state index contributed by atoms with van der Waals surface area (Å²) in [4.78, 5) is 27.2. The highest BCUT2D eigenvalue weighted by Crippen LogP contribution is 2.27. The Balaban J connectivity index is 2.14. The van der Waals surface area contributed by atoms with Crippen LogP contribution in [0.2, 0.25) is 5.02 Å². The van der Waals surface area contributed by atoms with Gasteiger partial charge in [-0.1, -0.05) is 71.2 Å². The molecule has 0 bridgehead atoms. The van der Waals surface area contributed by atoms with E-state index in [4.69, 9.17) is 16.3 Å². The van der Waals surface area contributed by atoms with E-state index < -0.39 is 6.04 Å². The lowest BCUT2D eigenvalue weighted by atomic mass is 10.1. The summed E-state index contributed by atoms with van der Waals surface area (Å²) >= 11 is 9.52. The molecule has 0 aromatic heterocycles. The first-order valence-electron chi connectivity index (χ1n) is 9.88. The molecule has 0 saturated heterocycles. The average molecular weight is 496 g/mol. The second-order valence-corrected chi connectivity index (χ2v) is 9.01. The number of nitrogens with one attached hydrogen (secondary N) is 1. The summed E-state index contributed by atoms with van der Waals surface area (Å²) in [6.07, 6.45) is 0. The Morgan fingerprint density at radius 1 is 1.13 bits per heavy atom. The van der Waals surface area contributed by atoms with Gasteiger partial charge in [-0.05, 0) is 43.5 Å². The summed E-state index contributed by atoms with van der Waals surface area (Å²) in [7, 11) is 0. The third-order valence-electron chi connectivity index (χ3n) is 4.57. The van der Waals surface area contributed by atoms with Gasteiger partial charge in [0.2, 0.25) is 5.91 Å². The average Bonchev–Trinajstić information content (AvgIpc) is 2.70. The van der Waals surface area contributed by atoms with E-state index in [1.54, 1.807) is 25.1 Å². The van der Waals surface area contributed by atoms with Crippen molar-refractivity contribution in [2.45, 2.75) is 40.3 Å². The van der Waals surface area contributed by atoms with Crippen LogP contribution in [0.25, 0.3) is 0 Å². The molecule has 2 rings (SSSR count). The van der Waals surface area contributed by atoms with Crippen molar-refractivity contribution in [3.8, 4) is 5.75 Å². The van der Waals surface area contributed by atoms with Gasteiger partial charge in [-0.2, -0.15) is 0 Å². The van der Waals surface area contributed by atoms with Crippen LogP contribution >= 0.6 is 27.5 Å². The first-order valence-corrected chi connectivity index (χ1v) is 11.0. The summed E-state index contributed by atoms with van der Waals surface area (Å²) < 4.78 is 6.47. The van der Waals surface area contributed by atoms with Gasteiger partial charge in [0.05, 0.1) is 5.02 Å². The van der Waals surface area contributed by atoms with Crippen molar-refractivity contribution in [2.24, 2.45) is 5.92 Å². The molecule has 1 N–H and O–H groups in total. The first-order chi connectivity index (χ1) is 14.2. The molecule has 0 aliphatic heterocycles. The van der Waals surface area contributed by atoms with Gasteiger partial charge >= 0.3 is 0 Å². The van der Waals surface area contributed by atoms with Crippen LogP contribution in [0, 0.1) is 12.8 Å². The van der Waals surface area contributed by atoms with Gasteiger partial charge in [0, 0.05) is 17.6 Å². The normalized spacial score (nSPS) is 11.8. The van der Waals surface area contributed by atoms with Crippen molar-refractivity contribution >= 4 is 39.3 Å². The van der Waals surface area contributed by atoms with E-state index in [0.29, 0.717) is 29.8 Å². The molecular weight excluding hydrogens is 468 g/mol. The standard InChI is InChI=1S/C23H28BrClN2O3/c1-15(2)12-26-23(29)17(4)27(13-18-7-5-16(3)6-8-18)22(28)14-30-21-10-9-19(24)11-20(21)25/h5-11,15,17H,12-14H2,1-4H3,(H,26,29)/t17-/m1/s1. The molecule has 2 aromatic carbocycles. The smallest absolute Gasteiger partial charge is 0.261 e. The van der Waals surface area contributed by atoms with E-state index in [9.17, 15) is 9.59 Å². The number of carbonyl (C=O) groups excluding carboxylic acids is 2. The molecular formula is C23H28BrClN2O3. The van der Waals surface area contributed by atoms with Gasteiger partial charge in [0.1, 0.15) is 11.8 Å². The van der Waals surface area contributed by atoms with E-state index >= 15 is 0 Å². The molecule has 0 aliphatic rings. The molecule has 5 nitrogen and oxygen atoms in total. The van der Waals surface area contributed by atoms with Crippen molar-refractivity contribution in [3.63, 3.8) is 0 Å². The third kappa shape index (κ3) is 7.33. The molecule has 162 valence electrons. The van der Waals surface area contributed by atoms with E-state index in [-0.39, 0.29) is 18.4 Å². The van der Waals surface area contributed by atoms with Gasteiger partial charge in [-0.15, -0.1) is 0 Å². The van der Waals surface area contributed by atoms with Gasteiger partial charge in [-0.3, -0.25) is 9.59 Å². The first kappa shape index (κ1) is 24.2. The molecule has 0 fully saturated rings. The fourth-order valence-electron chi connectivity index (χ4n) is 2.74. The predicted molar refractivity (Wildman–Crippen MR) is 124 cm³/mol. The summed E-state index contributed by atoms with van der Waals surface area (Å²) in [6, 6.07) is 12.4. The number of amides is 2. The zero-order valence-electron chi connectivity index (χ0n) is 17.7. The number of hydrogen-bond donors (Lipinski definition) is 1. The molecule has 0 aliphatic carbocycles. The number of halogens is 2. The lowest BCUT2D eigenvalue weighted by Gasteiger charge is -2.29. The SMILES string of the molecule is Cc1ccc(CN(C(=O)COc2ccc(Br)cc2Cl)[C@H](C)C(=O)NCC(C)C)cc1. The van der Waals surface area contributed by atoms with E-state index in [1.807, 2.05) is 45.0 Å². The Hall–Kier alpha value is -2.05. The minimum absolute atomic E-state index is 0.189. The summed E-state index contributed by atoms with van der Waals surface area (Å²) in [5, 5.41) is 3.31. The fourth-order valence-corrected chi connectivity index (χ4v) is 3.47. The van der Waals surface area contributed by atoms with Crippen LogP contribution in [-0.4, -0.2) is 35.9 Å². The molecule has 30 heavy (non-hydrogen) atoms. The maximum atomic E-state index is 13.0. The maximum absolute atomic E-state index is 13.0. The molecule has 7 heteroatoms. The number of aryl methyl sites for hydroxylation is 1. The lowest BCUT2D eigenvalue weighted by molar-refractivity contribution is -0.142. The van der Waals surface area contributed by atoms with Crippen LogP contribution in [-0.2, 0) is 16.1 Å². The van der Waals surface area contributed by atoms with Crippen molar-refractivity contribution in [2.75, 3.05) is 13.2 Å². The Kier molecular flexibility index (Phi) is 9.18. The highest BCUT2D eigenvalue weighted by Gasteiger charge is 2.26. The number of hydrogen-bond acceptors (Lipinski definition) is 3. The number of benzene rings is 2. The zero-order chi connectivity index (χ0) is 22.3. The Morgan fingerprint density at radius 2 is 1.80 bits per heavy atom. The monoisotopic (exact) mass is 494 g/mol. The largest absolute Gasteiger partial charge is 0.482 e. The molecule has 0 spiro atoms. The molecule has 0 heterocycles. The van der Waals surface area contributed by atoms with Gasteiger partial charge < -0.3 is 15.0 Å². The highest BCUT2D eigenvalue weighted by molar-refractivity contribution is 9.10. The van der Waals surface area contributed by atoms with E-state index in [0.717, 1.165) is 15.6 Å². The van der Waals surface area contributed by atoms with Crippen molar-refractivity contribution in [1.29, 1.82) is 0 Å². The second-order valence-electron chi connectivity index (χ2n) is 7.69. The third-order valence-corrected chi connectivity index (χ3v) is 5.36. The Morgan fingerprint density at radius 3 is 2.40 bits per heavy atom. The van der Waals surface area contributed by atoms with Gasteiger partial charge in [-0.25, -0.2) is 0 Å². The molecule has 0 saturated carbocycles. The minimum Gasteiger partial charge on any atom is -0.482 e. The topological polar surface area (TPSA) is 58.6 Å². The van der Waals surface area contributed by atoms with E-state index in [2.05, 4.69) is 21.2 Å². The highest BCUT2D eigenvalue weighted by atomic mass is 79.9. The van der Waals surface area contributed by atoms with Gasteiger partial charge in [0.25, 0.3) is 5.91 Å². The molecule has 0 unspecified atom stereocenters. The minimum atomic E-state index is -0.637. The van der Waals surface area contributed by atoms with Crippen LogP contribution in [0.4, 0.5) is 0 Å². The molecule has 2 amide bonds. The summed E-state index contributed by atoms with van der Waals surface area (Å²) in [5.74, 6) is 0.262. The van der Waals surface area contributed by atoms with Crippen molar-refractivity contribution < 1.29 is 14.3 Å². The number of rotatable bonds is 9. The van der Waals surface area contributed by atoms with E-state index in [1.165, 1.54) is 4.90 Å². The maximum Gasteiger partial charge on any atom is 0.261 e. The number of ether oxygens (including phenoxy) is 1. The quantitative estimate of drug-likeness (QED) is 0.534. The van der Waals surface area contributed by atoms with Crippen LogP contribution < -0.4 is 10.1 Å². The lowest BCUT2D eigenvalue weighted by Crippen LogP contribution is -2.49. The summed E-state index contributed by atoms with van der Waals surface area (Å²) in [6.45, 7) is 8.44. The zero-order valence-corrected chi connectivity index (χ0v) is 20.1. The summed E-state index contributed by atoms with van der Waals surface area (Å²) in [5.41, 5.74) is 2.08. The van der Waals surface area contributed by atoms with Crippen LogP contribution in [0.5, 0.6) is 5.75 Å². The molecule has 1 atom stereocenters. The van der Waals surface area contributed by atoms with Gasteiger partial charge in [0.15, 0.2) is 6.61 Å². The Labute approximate surface area is 191 Å².